The average molecular weight is 340 g/mol. The van der Waals surface area contributed by atoms with E-state index in [1.165, 1.54) is 16.7 Å². The molecule has 1 aliphatic heterocycles. The van der Waals surface area contributed by atoms with Crippen LogP contribution in [0.2, 0.25) is 0 Å². The summed E-state index contributed by atoms with van der Waals surface area (Å²) < 4.78 is 0. The van der Waals surface area contributed by atoms with Crippen molar-refractivity contribution < 1.29 is 4.79 Å². The highest BCUT2D eigenvalue weighted by Crippen LogP contribution is 2.21. The van der Waals surface area contributed by atoms with Crippen molar-refractivity contribution in [3.8, 4) is 0 Å². The summed E-state index contributed by atoms with van der Waals surface area (Å²) in [5.41, 5.74) is 3.71. The van der Waals surface area contributed by atoms with E-state index >= 15 is 0 Å². The first-order valence-electron chi connectivity index (χ1n) is 8.42. The molecule has 1 aromatic carbocycles. The number of urea groups is 1. The van der Waals surface area contributed by atoms with Crippen LogP contribution in [0, 0.1) is 19.8 Å². The fraction of sp³-hybridized carbons (Fsp3) is 0.611. The van der Waals surface area contributed by atoms with Crippen LogP contribution in [-0.4, -0.2) is 25.7 Å². The van der Waals surface area contributed by atoms with Gasteiger partial charge in [0.15, 0.2) is 0 Å². The van der Waals surface area contributed by atoms with Gasteiger partial charge in [-0.2, -0.15) is 0 Å². The fourth-order valence-corrected chi connectivity index (χ4v) is 3.15. The highest BCUT2D eigenvalue weighted by Gasteiger charge is 2.17. The summed E-state index contributed by atoms with van der Waals surface area (Å²) in [6.45, 7) is 9.21. The Balaban J connectivity index is 0.00000264. The van der Waals surface area contributed by atoms with Gasteiger partial charge in [0.1, 0.15) is 0 Å². The van der Waals surface area contributed by atoms with Gasteiger partial charge in [-0.05, 0) is 63.2 Å². The summed E-state index contributed by atoms with van der Waals surface area (Å²) in [6.07, 6.45) is 3.19. The predicted octanol–water partition coefficient (Wildman–Crippen LogP) is 3.48. The van der Waals surface area contributed by atoms with E-state index in [-0.39, 0.29) is 24.5 Å². The molecule has 0 saturated carbocycles. The Labute approximate surface area is 146 Å². The van der Waals surface area contributed by atoms with E-state index in [2.05, 4.69) is 54.9 Å². The van der Waals surface area contributed by atoms with Gasteiger partial charge in [0.25, 0.3) is 0 Å². The lowest BCUT2D eigenvalue weighted by molar-refractivity contribution is 0.232. The molecule has 4 nitrogen and oxygen atoms in total. The molecular formula is C18H30ClN3O. The van der Waals surface area contributed by atoms with Gasteiger partial charge < -0.3 is 16.0 Å². The van der Waals surface area contributed by atoms with Crippen molar-refractivity contribution in [1.82, 2.24) is 16.0 Å². The largest absolute Gasteiger partial charge is 0.338 e. The number of nitrogens with one attached hydrogen (secondary N) is 3. The maximum absolute atomic E-state index is 12.2. The Morgan fingerprint density at radius 3 is 2.61 bits per heavy atom. The van der Waals surface area contributed by atoms with Crippen LogP contribution in [0.1, 0.15) is 48.9 Å². The lowest BCUT2D eigenvalue weighted by atomic mass is 9.97. The van der Waals surface area contributed by atoms with Crippen molar-refractivity contribution >= 4 is 18.4 Å². The first-order valence-corrected chi connectivity index (χ1v) is 8.42. The Morgan fingerprint density at radius 2 is 2.00 bits per heavy atom. The molecule has 5 heteroatoms. The molecule has 0 aliphatic carbocycles. The van der Waals surface area contributed by atoms with E-state index in [0.29, 0.717) is 5.92 Å². The molecule has 1 heterocycles. The molecule has 3 N–H and O–H groups in total. The number of carbonyl (C=O) groups is 1. The molecule has 0 spiro atoms. The molecule has 1 aromatic rings. The van der Waals surface area contributed by atoms with Gasteiger partial charge in [0, 0.05) is 6.54 Å². The molecule has 1 aliphatic rings. The van der Waals surface area contributed by atoms with Gasteiger partial charge in [-0.3, -0.25) is 0 Å². The number of halogens is 1. The molecule has 0 bridgehead atoms. The van der Waals surface area contributed by atoms with Gasteiger partial charge in [-0.1, -0.05) is 30.7 Å². The molecule has 130 valence electrons. The summed E-state index contributed by atoms with van der Waals surface area (Å²) in [6, 6.07) is 6.44. The fourth-order valence-electron chi connectivity index (χ4n) is 3.15. The summed E-state index contributed by atoms with van der Waals surface area (Å²) >= 11 is 0. The van der Waals surface area contributed by atoms with Gasteiger partial charge in [0.2, 0.25) is 0 Å². The van der Waals surface area contributed by atoms with E-state index in [0.717, 1.165) is 38.9 Å². The number of piperidine rings is 1. The van der Waals surface area contributed by atoms with Crippen LogP contribution >= 0.6 is 12.4 Å². The summed E-state index contributed by atoms with van der Waals surface area (Å²) in [5, 5.41) is 9.50. The van der Waals surface area contributed by atoms with E-state index in [1.807, 2.05) is 0 Å². The van der Waals surface area contributed by atoms with Gasteiger partial charge >= 0.3 is 6.03 Å². The van der Waals surface area contributed by atoms with Gasteiger partial charge in [-0.15, -0.1) is 12.4 Å². The third-order valence-corrected chi connectivity index (χ3v) is 4.52. The highest BCUT2D eigenvalue weighted by atomic mass is 35.5. The molecule has 1 saturated heterocycles. The minimum atomic E-state index is -0.0506. The SMILES string of the molecule is CCC(NC(=O)NCC1CCNCC1)c1ccc(C)cc1C.Cl. The summed E-state index contributed by atoms with van der Waals surface area (Å²) in [5.74, 6) is 0.605. The smallest absolute Gasteiger partial charge is 0.315 e. The number of hydrogen-bond acceptors (Lipinski definition) is 2. The Bertz CT molecular complexity index is 501. The predicted molar refractivity (Wildman–Crippen MR) is 98.3 cm³/mol. The summed E-state index contributed by atoms with van der Waals surface area (Å²) in [4.78, 5) is 12.2. The first kappa shape index (κ1) is 19.8. The maximum atomic E-state index is 12.2. The molecule has 23 heavy (non-hydrogen) atoms. The van der Waals surface area contributed by atoms with Crippen molar-refractivity contribution in [1.29, 1.82) is 0 Å². The second-order valence-corrected chi connectivity index (χ2v) is 6.37. The standard InChI is InChI=1S/C18H29N3O.ClH/c1-4-17(16-6-5-13(2)11-14(16)3)21-18(22)20-12-15-7-9-19-10-8-15;/h5-6,11,15,17,19H,4,7-10,12H2,1-3H3,(H2,20,21,22);1H. The molecule has 1 atom stereocenters. The summed E-state index contributed by atoms with van der Waals surface area (Å²) in [7, 11) is 0. The topological polar surface area (TPSA) is 53.2 Å². The quantitative estimate of drug-likeness (QED) is 0.769. The van der Waals surface area contributed by atoms with Crippen LogP contribution in [0.25, 0.3) is 0 Å². The molecule has 2 amide bonds. The average Bonchev–Trinajstić information content (AvgIpc) is 2.52. The lowest BCUT2D eigenvalue weighted by Gasteiger charge is -2.24. The Kier molecular flexibility index (Phi) is 8.42. The highest BCUT2D eigenvalue weighted by molar-refractivity contribution is 5.85. The van der Waals surface area contributed by atoms with E-state index in [4.69, 9.17) is 0 Å². The second kappa shape index (κ2) is 9.78. The van der Waals surface area contributed by atoms with Crippen LogP contribution in [0.3, 0.4) is 0 Å². The van der Waals surface area contributed by atoms with Crippen molar-refractivity contribution in [3.05, 3.63) is 34.9 Å². The molecule has 1 fully saturated rings. The van der Waals surface area contributed by atoms with Crippen molar-refractivity contribution in [2.45, 2.75) is 46.1 Å². The number of aryl methyl sites for hydroxylation is 2. The normalized spacial score (nSPS) is 16.3. The maximum Gasteiger partial charge on any atom is 0.315 e. The van der Waals surface area contributed by atoms with Crippen LogP contribution < -0.4 is 16.0 Å². The van der Waals surface area contributed by atoms with Crippen LogP contribution in [0.4, 0.5) is 4.79 Å². The molecule has 1 unspecified atom stereocenters. The van der Waals surface area contributed by atoms with Crippen LogP contribution in [0.5, 0.6) is 0 Å². The van der Waals surface area contributed by atoms with Crippen LogP contribution in [-0.2, 0) is 0 Å². The molecular weight excluding hydrogens is 310 g/mol. The number of carbonyl (C=O) groups excluding carboxylic acids is 1. The van der Waals surface area contributed by atoms with E-state index < -0.39 is 0 Å². The minimum absolute atomic E-state index is 0. The number of hydrogen-bond donors (Lipinski definition) is 3. The van der Waals surface area contributed by atoms with Crippen LogP contribution in [0.15, 0.2) is 18.2 Å². The van der Waals surface area contributed by atoms with Gasteiger partial charge in [-0.25, -0.2) is 4.79 Å². The third kappa shape index (κ3) is 6.04. The third-order valence-electron chi connectivity index (χ3n) is 4.52. The van der Waals surface area contributed by atoms with E-state index in [9.17, 15) is 4.79 Å². The zero-order chi connectivity index (χ0) is 15.9. The molecule has 0 aromatic heterocycles. The zero-order valence-electron chi connectivity index (χ0n) is 14.4. The van der Waals surface area contributed by atoms with Gasteiger partial charge in [0.05, 0.1) is 6.04 Å². The Hall–Kier alpha value is -1.26. The zero-order valence-corrected chi connectivity index (χ0v) is 15.3. The van der Waals surface area contributed by atoms with E-state index in [1.54, 1.807) is 0 Å². The lowest BCUT2D eigenvalue weighted by Crippen LogP contribution is -2.42. The monoisotopic (exact) mass is 339 g/mol. The number of amides is 2. The second-order valence-electron chi connectivity index (χ2n) is 6.37. The number of rotatable bonds is 5. The van der Waals surface area contributed by atoms with Crippen molar-refractivity contribution in [2.75, 3.05) is 19.6 Å². The minimum Gasteiger partial charge on any atom is -0.338 e. The van der Waals surface area contributed by atoms with Crippen molar-refractivity contribution in [2.24, 2.45) is 5.92 Å². The van der Waals surface area contributed by atoms with Crippen molar-refractivity contribution in [3.63, 3.8) is 0 Å². The first-order chi connectivity index (χ1) is 10.6. The molecule has 2 rings (SSSR count). The number of benzene rings is 1. The Morgan fingerprint density at radius 1 is 1.30 bits per heavy atom. The molecule has 0 radical (unpaired) electrons.